The quantitative estimate of drug-likeness (QED) is 0.405. The second kappa shape index (κ2) is 12.7. The van der Waals surface area contributed by atoms with Gasteiger partial charge in [0.15, 0.2) is 0 Å². The van der Waals surface area contributed by atoms with Gasteiger partial charge in [0, 0.05) is 38.6 Å². The largest absolute Gasteiger partial charge is 0.495 e. The molecule has 0 saturated carbocycles. The molecule has 0 radical (unpaired) electrons. The molecular weight excluding hydrogens is 590 g/mol. The third-order valence-corrected chi connectivity index (χ3v) is 9.78. The van der Waals surface area contributed by atoms with E-state index in [1.165, 1.54) is 12.0 Å². The van der Waals surface area contributed by atoms with Gasteiger partial charge in [0.2, 0.25) is 5.91 Å². The molecule has 0 aromatic heterocycles. The second-order valence-corrected chi connectivity index (χ2v) is 13.1. The molecule has 1 aromatic rings. The second-order valence-electron chi connectivity index (χ2n) is 12.7. The van der Waals surface area contributed by atoms with Crippen LogP contribution in [0, 0.1) is 5.92 Å². The zero-order valence-corrected chi connectivity index (χ0v) is 27.2. The van der Waals surface area contributed by atoms with Crippen molar-refractivity contribution in [3.05, 3.63) is 46.5 Å². The van der Waals surface area contributed by atoms with Crippen LogP contribution < -0.4 is 15.0 Å². The summed E-state index contributed by atoms with van der Waals surface area (Å²) in [5.74, 6) is -1.28. The molecule has 1 aromatic carbocycles. The lowest BCUT2D eigenvalue weighted by atomic mass is 9.73. The highest BCUT2D eigenvalue weighted by molar-refractivity contribution is 6.35. The number of likely N-dealkylation sites (N-methyl/N-ethyl adjacent to an activating group) is 1. The van der Waals surface area contributed by atoms with Crippen molar-refractivity contribution in [1.82, 2.24) is 10.2 Å². The number of hydrogen-bond donors (Lipinski definition) is 3. The zero-order chi connectivity index (χ0) is 32.6. The summed E-state index contributed by atoms with van der Waals surface area (Å²) in [6.07, 6.45) is 5.21. The van der Waals surface area contributed by atoms with Gasteiger partial charge in [0.1, 0.15) is 34.2 Å². The molecule has 242 valence electrons. The van der Waals surface area contributed by atoms with E-state index in [0.717, 1.165) is 11.1 Å². The fourth-order valence-electron chi connectivity index (χ4n) is 6.59. The monoisotopic (exact) mass is 633 g/mol. The molecule has 4 rings (SSSR count). The number of nitrogens with zero attached hydrogens (tertiary/aromatic N) is 2. The Morgan fingerprint density at radius 2 is 2.02 bits per heavy atom. The minimum Gasteiger partial charge on any atom is -0.495 e. The Balaban J connectivity index is 1.77. The van der Waals surface area contributed by atoms with E-state index in [-0.39, 0.29) is 38.0 Å². The molecule has 4 bridgehead atoms. The predicted molar refractivity (Wildman–Crippen MR) is 166 cm³/mol. The number of nitrogens with one attached hydrogen (secondary N) is 1. The molecule has 3 N–H and O–H groups in total. The average Bonchev–Trinajstić information content (AvgIpc) is 3.56. The van der Waals surface area contributed by atoms with Crippen LogP contribution in [0.25, 0.3) is 0 Å². The molecule has 3 aliphatic rings. The van der Waals surface area contributed by atoms with Crippen LogP contribution in [0.3, 0.4) is 0 Å². The zero-order valence-electron chi connectivity index (χ0n) is 26.5. The van der Waals surface area contributed by atoms with Crippen molar-refractivity contribution in [3.8, 4) is 5.75 Å². The van der Waals surface area contributed by atoms with Crippen LogP contribution in [0.15, 0.2) is 35.9 Å². The summed E-state index contributed by atoms with van der Waals surface area (Å²) in [5, 5.41) is 24.3. The summed E-state index contributed by atoms with van der Waals surface area (Å²) < 4.78 is 17.7. The number of carbonyl (C=O) groups excluding carboxylic acids is 2. The lowest BCUT2D eigenvalue weighted by molar-refractivity contribution is -0.144. The fraction of sp³-hybridized carbons (Fsp3) is 0.594. The molecule has 12 heteroatoms. The number of anilines is 1. The van der Waals surface area contributed by atoms with Crippen LogP contribution in [-0.2, 0) is 25.5 Å². The maximum absolute atomic E-state index is 13.6. The topological polar surface area (TPSA) is 141 Å². The third kappa shape index (κ3) is 6.75. The number of epoxide rings is 1. The van der Waals surface area contributed by atoms with Crippen molar-refractivity contribution in [2.45, 2.75) is 88.4 Å². The molecule has 6 unspecified atom stereocenters. The molecule has 3 aliphatic heterocycles. The maximum Gasteiger partial charge on any atom is 0.409 e. The SMILES string of the molecule is COc1cc2cc(c1Cl)N(C)C(=O)CCC1(C)OC1(CC(C(=O)O)N(C)C)C(C)C1CC(O)(C/C=C/C=C(\C)C2)NC(=O)O1. The van der Waals surface area contributed by atoms with Crippen LogP contribution in [0.4, 0.5) is 10.5 Å². The Morgan fingerprint density at radius 3 is 2.66 bits per heavy atom. The van der Waals surface area contributed by atoms with E-state index in [1.54, 1.807) is 32.1 Å². The predicted octanol–water partition coefficient (Wildman–Crippen LogP) is 4.30. The number of allylic oxidation sites excluding steroid dienone is 3. The van der Waals surface area contributed by atoms with Crippen molar-refractivity contribution < 1.29 is 38.8 Å². The number of carboxylic acid groups (broad SMARTS) is 1. The standard InChI is InChI=1S/C32H44ClN3O8/c1-19-10-8-9-12-31(41)18-25(43-29(40)34-31)20(2)32(17-23(28(38)39)35(4)5)30(3,44-32)13-11-26(37)36(6)22-15-21(14-19)16-24(42-7)27(22)33/h8-10,15-16,20,23,25,41H,11-14,17-18H2,1-7H3,(H,34,40)(H,38,39)/b9-8+,19-10+. The molecular formula is C32H44ClN3O8. The lowest BCUT2D eigenvalue weighted by Crippen LogP contribution is -2.59. The van der Waals surface area contributed by atoms with Gasteiger partial charge in [0.05, 0.1) is 18.4 Å². The van der Waals surface area contributed by atoms with Gasteiger partial charge in [-0.2, -0.15) is 0 Å². The van der Waals surface area contributed by atoms with E-state index in [2.05, 4.69) is 5.32 Å². The van der Waals surface area contributed by atoms with E-state index in [1.807, 2.05) is 45.1 Å². The smallest absolute Gasteiger partial charge is 0.409 e. The first-order chi connectivity index (χ1) is 20.5. The van der Waals surface area contributed by atoms with Crippen molar-refractivity contribution in [3.63, 3.8) is 0 Å². The van der Waals surface area contributed by atoms with Crippen molar-refractivity contribution in [2.75, 3.05) is 33.2 Å². The summed E-state index contributed by atoms with van der Waals surface area (Å²) in [6.45, 7) is 5.67. The molecule has 6 atom stereocenters. The molecule has 2 saturated heterocycles. The van der Waals surface area contributed by atoms with E-state index in [4.69, 9.17) is 25.8 Å². The van der Waals surface area contributed by atoms with Gasteiger partial charge in [0.25, 0.3) is 0 Å². The number of carboxylic acids is 1. The van der Waals surface area contributed by atoms with Gasteiger partial charge < -0.3 is 29.3 Å². The summed E-state index contributed by atoms with van der Waals surface area (Å²) >= 11 is 6.67. The minimum atomic E-state index is -1.58. The van der Waals surface area contributed by atoms with Crippen molar-refractivity contribution in [2.24, 2.45) is 5.92 Å². The van der Waals surface area contributed by atoms with Gasteiger partial charge in [-0.3, -0.25) is 19.8 Å². The number of amides is 2. The van der Waals surface area contributed by atoms with Gasteiger partial charge >= 0.3 is 12.1 Å². The van der Waals surface area contributed by atoms with Gasteiger partial charge in [-0.25, -0.2) is 4.79 Å². The number of alkyl carbamates (subject to hydrolysis) is 1. The van der Waals surface area contributed by atoms with Crippen molar-refractivity contribution in [1.29, 1.82) is 0 Å². The number of halogens is 1. The number of benzene rings is 1. The van der Waals surface area contributed by atoms with E-state index in [0.29, 0.717) is 22.9 Å². The number of fused-ring (bicyclic) bond motifs is 5. The first-order valence-electron chi connectivity index (χ1n) is 14.8. The average molecular weight is 634 g/mol. The first kappa shape index (κ1) is 33.8. The number of methoxy groups -OCH3 is 1. The first-order valence-corrected chi connectivity index (χ1v) is 15.2. The Bertz CT molecular complexity index is 1360. The number of aliphatic carboxylic acids is 1. The Kier molecular flexibility index (Phi) is 9.75. The Morgan fingerprint density at radius 1 is 1.32 bits per heavy atom. The van der Waals surface area contributed by atoms with Crippen LogP contribution in [-0.4, -0.2) is 90.4 Å². The summed E-state index contributed by atoms with van der Waals surface area (Å²) in [5.41, 5.74) is -1.11. The maximum atomic E-state index is 13.6. The number of ether oxygens (including phenoxy) is 3. The molecule has 44 heavy (non-hydrogen) atoms. The van der Waals surface area contributed by atoms with E-state index in [9.17, 15) is 24.6 Å². The number of rotatable bonds is 5. The van der Waals surface area contributed by atoms with Crippen LogP contribution >= 0.6 is 11.6 Å². The van der Waals surface area contributed by atoms with Crippen LogP contribution in [0.5, 0.6) is 5.75 Å². The van der Waals surface area contributed by atoms with Gasteiger partial charge in [-0.1, -0.05) is 42.3 Å². The highest BCUT2D eigenvalue weighted by Crippen LogP contribution is 2.60. The normalized spacial score (nSPS) is 33.8. The number of aliphatic hydroxyl groups is 1. The van der Waals surface area contributed by atoms with Crippen molar-refractivity contribution >= 4 is 35.3 Å². The molecule has 0 aliphatic carbocycles. The highest BCUT2D eigenvalue weighted by Gasteiger charge is 2.71. The minimum absolute atomic E-state index is 0.0691. The molecule has 0 spiro atoms. The molecule has 2 amide bonds. The summed E-state index contributed by atoms with van der Waals surface area (Å²) in [4.78, 5) is 41.7. The van der Waals surface area contributed by atoms with E-state index < -0.39 is 47.1 Å². The number of hydrogen-bond acceptors (Lipinski definition) is 8. The van der Waals surface area contributed by atoms with Crippen LogP contribution in [0.1, 0.15) is 58.4 Å². The van der Waals surface area contributed by atoms with Gasteiger partial charge in [-0.15, -0.1) is 0 Å². The fourth-order valence-corrected chi connectivity index (χ4v) is 6.90. The molecule has 2 fully saturated rings. The highest BCUT2D eigenvalue weighted by atomic mass is 35.5. The Hall–Kier alpha value is -3.12. The van der Waals surface area contributed by atoms with E-state index >= 15 is 0 Å². The molecule has 11 nitrogen and oxygen atoms in total. The van der Waals surface area contributed by atoms with Gasteiger partial charge in [-0.05, 0) is 58.5 Å². The lowest BCUT2D eigenvalue weighted by Gasteiger charge is -2.41. The summed E-state index contributed by atoms with van der Waals surface area (Å²) in [7, 11) is 6.55. The number of carbonyl (C=O) groups is 3. The van der Waals surface area contributed by atoms with Crippen LogP contribution in [0.2, 0.25) is 5.02 Å². The summed E-state index contributed by atoms with van der Waals surface area (Å²) in [6, 6.07) is 2.81. The molecule has 3 heterocycles. The Labute approximate surface area is 263 Å². The third-order valence-electron chi connectivity index (χ3n) is 9.40.